The van der Waals surface area contributed by atoms with Crippen LogP contribution in [0.4, 0.5) is 5.13 Å². The number of hydrogen-bond donors (Lipinski definition) is 1. The molecule has 0 saturated carbocycles. The molecule has 2 rings (SSSR count). The second kappa shape index (κ2) is 5.51. The van der Waals surface area contributed by atoms with Gasteiger partial charge in [-0.15, -0.1) is 0 Å². The Morgan fingerprint density at radius 1 is 1.35 bits per heavy atom. The third-order valence-corrected chi connectivity index (χ3v) is 4.24. The van der Waals surface area contributed by atoms with Crippen LogP contribution in [0.3, 0.4) is 0 Å². The Morgan fingerprint density at radius 2 is 2.06 bits per heavy atom. The van der Waals surface area contributed by atoms with Crippen LogP contribution in [-0.4, -0.2) is 19.1 Å². The summed E-state index contributed by atoms with van der Waals surface area (Å²) in [5.41, 5.74) is 2.28. The fourth-order valence-electron chi connectivity index (χ4n) is 1.49. The summed E-state index contributed by atoms with van der Waals surface area (Å²) in [7, 11) is 3.55. The highest BCUT2D eigenvalue weighted by molar-refractivity contribution is 9.11. The predicted octanol–water partition coefficient (Wildman–Crippen LogP) is 3.55. The lowest BCUT2D eigenvalue weighted by Crippen LogP contribution is -1.92. The number of thiazole rings is 1. The van der Waals surface area contributed by atoms with Crippen LogP contribution < -0.4 is 10.1 Å². The minimum Gasteiger partial charge on any atom is -0.497 e. The van der Waals surface area contributed by atoms with Crippen molar-refractivity contribution in [2.45, 2.75) is 6.42 Å². The van der Waals surface area contributed by atoms with E-state index in [0.29, 0.717) is 0 Å². The summed E-state index contributed by atoms with van der Waals surface area (Å²) in [6.07, 6.45) is 0.822. The Morgan fingerprint density at radius 3 is 2.59 bits per heavy atom. The molecular weight excluding hydrogens is 300 g/mol. The third-order valence-electron chi connectivity index (χ3n) is 2.39. The number of anilines is 1. The lowest BCUT2D eigenvalue weighted by Gasteiger charge is -2.02. The standard InChI is InChI=1S/C12H13BrN2OS/c1-14-12-15-10(11(13)17-12)7-8-3-5-9(16-2)6-4-8/h3-6H,7H2,1-2H3,(H,14,15). The van der Waals surface area contributed by atoms with Crippen molar-refractivity contribution in [3.8, 4) is 5.75 Å². The molecular formula is C12H13BrN2OS. The van der Waals surface area contributed by atoms with E-state index < -0.39 is 0 Å². The lowest BCUT2D eigenvalue weighted by molar-refractivity contribution is 0.414. The maximum Gasteiger partial charge on any atom is 0.183 e. The molecule has 0 aliphatic carbocycles. The number of methoxy groups -OCH3 is 1. The maximum absolute atomic E-state index is 5.13. The van der Waals surface area contributed by atoms with Crippen molar-refractivity contribution in [1.29, 1.82) is 0 Å². The molecule has 0 radical (unpaired) electrons. The van der Waals surface area contributed by atoms with E-state index in [0.717, 1.165) is 26.8 Å². The van der Waals surface area contributed by atoms with Gasteiger partial charge in [0, 0.05) is 13.5 Å². The van der Waals surface area contributed by atoms with Gasteiger partial charge in [-0.25, -0.2) is 4.98 Å². The molecule has 0 aliphatic heterocycles. The van der Waals surface area contributed by atoms with Crippen LogP contribution in [0.5, 0.6) is 5.75 Å². The maximum atomic E-state index is 5.13. The van der Waals surface area contributed by atoms with Crippen molar-refractivity contribution in [3.63, 3.8) is 0 Å². The molecule has 1 heterocycles. The average Bonchev–Trinajstić information content (AvgIpc) is 2.71. The van der Waals surface area contributed by atoms with Gasteiger partial charge in [-0.05, 0) is 33.6 Å². The minimum atomic E-state index is 0.822. The molecule has 0 fully saturated rings. The van der Waals surface area contributed by atoms with Crippen LogP contribution in [0.1, 0.15) is 11.3 Å². The lowest BCUT2D eigenvalue weighted by atomic mass is 10.1. The van der Waals surface area contributed by atoms with Crippen LogP contribution in [0.2, 0.25) is 0 Å². The number of rotatable bonds is 4. The average molecular weight is 313 g/mol. The third kappa shape index (κ3) is 2.98. The van der Waals surface area contributed by atoms with E-state index in [9.17, 15) is 0 Å². The fourth-order valence-corrected chi connectivity index (χ4v) is 2.84. The molecule has 17 heavy (non-hydrogen) atoms. The van der Waals surface area contributed by atoms with Crippen molar-refractivity contribution >= 4 is 32.4 Å². The monoisotopic (exact) mass is 312 g/mol. The molecule has 1 aromatic heterocycles. The SMILES string of the molecule is CNc1nc(Cc2ccc(OC)cc2)c(Br)s1. The quantitative estimate of drug-likeness (QED) is 0.937. The highest BCUT2D eigenvalue weighted by atomic mass is 79.9. The zero-order chi connectivity index (χ0) is 12.3. The second-order valence-electron chi connectivity index (χ2n) is 3.51. The van der Waals surface area contributed by atoms with Crippen molar-refractivity contribution < 1.29 is 4.74 Å². The van der Waals surface area contributed by atoms with E-state index in [1.807, 2.05) is 19.2 Å². The topological polar surface area (TPSA) is 34.2 Å². The number of benzene rings is 1. The van der Waals surface area contributed by atoms with E-state index in [1.165, 1.54) is 5.56 Å². The van der Waals surface area contributed by atoms with Crippen molar-refractivity contribution in [2.75, 3.05) is 19.5 Å². The van der Waals surface area contributed by atoms with E-state index in [2.05, 4.69) is 38.4 Å². The van der Waals surface area contributed by atoms with Gasteiger partial charge in [0.15, 0.2) is 5.13 Å². The van der Waals surface area contributed by atoms with Crippen LogP contribution in [0.25, 0.3) is 0 Å². The molecule has 0 bridgehead atoms. The summed E-state index contributed by atoms with van der Waals surface area (Å²) in [6, 6.07) is 8.05. The molecule has 1 aromatic carbocycles. The largest absolute Gasteiger partial charge is 0.497 e. The molecule has 0 atom stereocenters. The van der Waals surface area contributed by atoms with E-state index in [-0.39, 0.29) is 0 Å². The Bertz CT molecular complexity index is 496. The van der Waals surface area contributed by atoms with E-state index in [1.54, 1.807) is 18.4 Å². The Kier molecular flexibility index (Phi) is 4.02. The zero-order valence-corrected chi connectivity index (χ0v) is 12.1. The molecule has 0 spiro atoms. The molecule has 3 nitrogen and oxygen atoms in total. The number of aromatic nitrogens is 1. The van der Waals surface area contributed by atoms with E-state index >= 15 is 0 Å². The molecule has 0 aliphatic rings. The molecule has 0 unspecified atom stereocenters. The van der Waals surface area contributed by atoms with Gasteiger partial charge in [0.1, 0.15) is 5.75 Å². The first-order valence-electron chi connectivity index (χ1n) is 5.19. The molecule has 1 N–H and O–H groups in total. The Balaban J connectivity index is 2.16. The van der Waals surface area contributed by atoms with Crippen molar-refractivity contribution in [3.05, 3.63) is 39.3 Å². The number of ether oxygens (including phenoxy) is 1. The summed E-state index contributed by atoms with van der Waals surface area (Å²) < 4.78 is 6.21. The summed E-state index contributed by atoms with van der Waals surface area (Å²) in [5, 5.41) is 3.98. The summed E-state index contributed by atoms with van der Waals surface area (Å²) >= 11 is 5.15. The Labute approximate surface area is 113 Å². The number of halogens is 1. The van der Waals surface area contributed by atoms with Gasteiger partial charge in [-0.3, -0.25) is 0 Å². The minimum absolute atomic E-state index is 0.822. The molecule has 0 saturated heterocycles. The first kappa shape index (κ1) is 12.4. The summed E-state index contributed by atoms with van der Waals surface area (Å²) in [6.45, 7) is 0. The summed E-state index contributed by atoms with van der Waals surface area (Å²) in [4.78, 5) is 4.50. The summed E-state index contributed by atoms with van der Waals surface area (Å²) in [5.74, 6) is 0.877. The number of nitrogens with zero attached hydrogens (tertiary/aromatic N) is 1. The van der Waals surface area contributed by atoms with Gasteiger partial charge >= 0.3 is 0 Å². The first-order valence-corrected chi connectivity index (χ1v) is 6.79. The van der Waals surface area contributed by atoms with Gasteiger partial charge in [0.05, 0.1) is 16.6 Å². The molecule has 2 aromatic rings. The molecule has 5 heteroatoms. The smallest absolute Gasteiger partial charge is 0.183 e. The number of nitrogens with one attached hydrogen (secondary N) is 1. The van der Waals surface area contributed by atoms with Gasteiger partial charge < -0.3 is 10.1 Å². The first-order chi connectivity index (χ1) is 8.22. The molecule has 90 valence electrons. The van der Waals surface area contributed by atoms with Gasteiger partial charge in [-0.1, -0.05) is 23.5 Å². The normalized spacial score (nSPS) is 10.3. The van der Waals surface area contributed by atoms with Gasteiger partial charge in [0.25, 0.3) is 0 Å². The van der Waals surface area contributed by atoms with Crippen molar-refractivity contribution in [2.24, 2.45) is 0 Å². The molecule has 0 amide bonds. The van der Waals surface area contributed by atoms with Crippen LogP contribution in [-0.2, 0) is 6.42 Å². The Hall–Kier alpha value is -1.07. The zero-order valence-electron chi connectivity index (χ0n) is 9.66. The highest BCUT2D eigenvalue weighted by Crippen LogP contribution is 2.29. The highest BCUT2D eigenvalue weighted by Gasteiger charge is 2.08. The van der Waals surface area contributed by atoms with Crippen LogP contribution >= 0.6 is 27.3 Å². The van der Waals surface area contributed by atoms with Gasteiger partial charge in [0.2, 0.25) is 0 Å². The van der Waals surface area contributed by atoms with Gasteiger partial charge in [-0.2, -0.15) is 0 Å². The second-order valence-corrected chi connectivity index (χ2v) is 5.83. The van der Waals surface area contributed by atoms with Crippen LogP contribution in [0.15, 0.2) is 28.1 Å². The van der Waals surface area contributed by atoms with Crippen molar-refractivity contribution in [1.82, 2.24) is 4.98 Å². The van der Waals surface area contributed by atoms with E-state index in [4.69, 9.17) is 4.74 Å². The number of hydrogen-bond acceptors (Lipinski definition) is 4. The van der Waals surface area contributed by atoms with Crippen LogP contribution in [0, 0.1) is 0 Å². The fraction of sp³-hybridized carbons (Fsp3) is 0.250. The predicted molar refractivity (Wildman–Crippen MR) is 75.2 cm³/mol.